The Morgan fingerprint density at radius 3 is 2.47 bits per heavy atom. The minimum atomic E-state index is -0.768. The molecule has 0 aliphatic rings. The molecular weight excluding hydrogens is 310 g/mol. The molecule has 4 nitrogen and oxygen atoms in total. The van der Waals surface area contributed by atoms with Crippen molar-refractivity contribution in [3.05, 3.63) is 68.2 Å². The number of primary amides is 1. The minimum Gasteiger partial charge on any atom is -0.451 e. The zero-order valence-corrected chi connectivity index (χ0v) is 11.4. The van der Waals surface area contributed by atoms with Gasteiger partial charge in [-0.2, -0.15) is 0 Å². The van der Waals surface area contributed by atoms with Gasteiger partial charge in [-0.15, -0.1) is 0 Å². The van der Waals surface area contributed by atoms with Gasteiger partial charge in [-0.25, -0.2) is 0 Å². The van der Waals surface area contributed by atoms with E-state index in [1.807, 2.05) is 24.3 Å². The molecule has 0 radical (unpaired) electrons. The van der Waals surface area contributed by atoms with E-state index in [0.717, 1.165) is 16.1 Å². The van der Waals surface area contributed by atoms with Crippen molar-refractivity contribution in [1.82, 2.24) is 0 Å². The van der Waals surface area contributed by atoms with Gasteiger partial charge in [0, 0.05) is 16.6 Å². The van der Waals surface area contributed by atoms with Crippen molar-refractivity contribution in [2.45, 2.75) is 0 Å². The fraction of sp³-hybridized carbons (Fsp3) is 0. The lowest BCUT2D eigenvalue weighted by Crippen LogP contribution is -2.14. The highest BCUT2D eigenvalue weighted by molar-refractivity contribution is 9.10. The maximum absolute atomic E-state index is 11.4. The normalized spacial score (nSPS) is 10.8. The first-order valence-corrected chi connectivity index (χ1v) is 6.22. The number of hydrogen-bond acceptors (Lipinski definition) is 3. The molecule has 19 heavy (non-hydrogen) atoms. The van der Waals surface area contributed by atoms with Crippen LogP contribution < -0.4 is 11.2 Å². The van der Waals surface area contributed by atoms with Gasteiger partial charge in [0.25, 0.3) is 5.91 Å². The third-order valence-electron chi connectivity index (χ3n) is 2.34. The van der Waals surface area contributed by atoms with Crippen LogP contribution in [0.1, 0.15) is 21.9 Å². The molecule has 0 saturated carbocycles. The molecule has 0 bridgehead atoms. The van der Waals surface area contributed by atoms with E-state index in [1.54, 1.807) is 12.2 Å². The second kappa shape index (κ2) is 5.67. The lowest BCUT2D eigenvalue weighted by atomic mass is 10.2. The molecule has 0 aliphatic carbocycles. The maximum atomic E-state index is 11.4. The lowest BCUT2D eigenvalue weighted by Gasteiger charge is -1.97. The van der Waals surface area contributed by atoms with Crippen LogP contribution in [0, 0.1) is 0 Å². The summed E-state index contributed by atoms with van der Waals surface area (Å²) in [7, 11) is 0. The third-order valence-corrected chi connectivity index (χ3v) is 2.87. The second-order valence-corrected chi connectivity index (χ2v) is 4.72. The van der Waals surface area contributed by atoms with Crippen molar-refractivity contribution >= 4 is 34.0 Å². The van der Waals surface area contributed by atoms with Gasteiger partial charge >= 0.3 is 0 Å². The summed E-state index contributed by atoms with van der Waals surface area (Å²) >= 11 is 3.34. The van der Waals surface area contributed by atoms with Gasteiger partial charge in [0.1, 0.15) is 5.76 Å². The van der Waals surface area contributed by atoms with Crippen molar-refractivity contribution in [2.24, 2.45) is 5.73 Å². The summed E-state index contributed by atoms with van der Waals surface area (Å²) in [5.41, 5.74) is 5.69. The van der Waals surface area contributed by atoms with Crippen molar-refractivity contribution in [3.63, 3.8) is 0 Å². The number of hydrogen-bond donors (Lipinski definition) is 1. The number of rotatable bonds is 3. The van der Waals surface area contributed by atoms with Crippen LogP contribution in [0.4, 0.5) is 0 Å². The van der Waals surface area contributed by atoms with Crippen LogP contribution in [-0.4, -0.2) is 5.91 Å². The first kappa shape index (κ1) is 13.3. The number of amides is 1. The monoisotopic (exact) mass is 319 g/mol. The van der Waals surface area contributed by atoms with Crippen LogP contribution in [0.3, 0.4) is 0 Å². The van der Waals surface area contributed by atoms with E-state index >= 15 is 0 Å². The van der Waals surface area contributed by atoms with Gasteiger partial charge in [0.2, 0.25) is 0 Å². The molecule has 0 atom stereocenters. The van der Waals surface area contributed by atoms with Crippen molar-refractivity contribution in [1.29, 1.82) is 0 Å². The smallest absolute Gasteiger partial charge is 0.284 e. The van der Waals surface area contributed by atoms with E-state index in [0.29, 0.717) is 0 Å². The Balaban J connectivity index is 2.30. The highest BCUT2D eigenvalue weighted by Crippen LogP contribution is 2.13. The van der Waals surface area contributed by atoms with E-state index in [9.17, 15) is 9.59 Å². The van der Waals surface area contributed by atoms with Gasteiger partial charge in [-0.1, -0.05) is 34.1 Å². The Morgan fingerprint density at radius 2 is 1.84 bits per heavy atom. The van der Waals surface area contributed by atoms with Gasteiger partial charge in [0.15, 0.2) is 11.2 Å². The topological polar surface area (TPSA) is 73.3 Å². The Kier molecular flexibility index (Phi) is 3.97. The molecule has 0 spiro atoms. The third kappa shape index (κ3) is 3.66. The maximum Gasteiger partial charge on any atom is 0.284 e. The van der Waals surface area contributed by atoms with Crippen molar-refractivity contribution < 1.29 is 9.21 Å². The predicted octanol–water partition coefficient (Wildman–Crippen LogP) is 2.67. The Morgan fingerprint density at radius 1 is 1.16 bits per heavy atom. The molecule has 2 aromatic rings. The SMILES string of the molecule is NC(=O)c1cc(=O)cc(/C=C/c2ccc(Br)cc2)o1. The Hall–Kier alpha value is -2.14. The molecule has 1 aromatic carbocycles. The predicted molar refractivity (Wildman–Crippen MR) is 76.6 cm³/mol. The minimum absolute atomic E-state index is 0.150. The Labute approximate surface area is 117 Å². The van der Waals surface area contributed by atoms with Gasteiger partial charge in [-0.3, -0.25) is 9.59 Å². The van der Waals surface area contributed by atoms with Gasteiger partial charge in [0.05, 0.1) is 0 Å². The molecule has 1 amide bonds. The van der Waals surface area contributed by atoms with Crippen LogP contribution in [0.25, 0.3) is 12.2 Å². The largest absolute Gasteiger partial charge is 0.451 e. The quantitative estimate of drug-likeness (QED) is 0.945. The fourth-order valence-corrected chi connectivity index (χ4v) is 1.72. The Bertz CT molecular complexity index is 687. The number of nitrogens with two attached hydrogens (primary N) is 1. The van der Waals surface area contributed by atoms with Crippen LogP contribution >= 0.6 is 15.9 Å². The zero-order valence-electron chi connectivity index (χ0n) is 9.80. The number of carbonyl (C=O) groups excluding carboxylic acids is 1. The van der Waals surface area contributed by atoms with E-state index in [1.165, 1.54) is 6.07 Å². The average Bonchev–Trinajstić information content (AvgIpc) is 2.37. The fourth-order valence-electron chi connectivity index (χ4n) is 1.45. The van der Waals surface area contributed by atoms with Crippen LogP contribution in [0.2, 0.25) is 0 Å². The standard InChI is InChI=1S/C14H10BrNO3/c15-10-4-1-9(2-5-10)3-6-12-7-11(17)8-13(19-12)14(16)18/h1-8H,(H2,16,18)/b6-3+. The summed E-state index contributed by atoms with van der Waals surface area (Å²) in [4.78, 5) is 22.3. The van der Waals surface area contributed by atoms with E-state index in [-0.39, 0.29) is 16.9 Å². The van der Waals surface area contributed by atoms with E-state index < -0.39 is 5.91 Å². The first-order valence-electron chi connectivity index (χ1n) is 5.43. The second-order valence-electron chi connectivity index (χ2n) is 3.81. The number of halogens is 1. The van der Waals surface area contributed by atoms with Crippen LogP contribution in [0.5, 0.6) is 0 Å². The summed E-state index contributed by atoms with van der Waals surface area (Å²) < 4.78 is 6.17. The molecule has 0 unspecified atom stereocenters. The molecule has 2 rings (SSSR count). The van der Waals surface area contributed by atoms with Crippen molar-refractivity contribution in [2.75, 3.05) is 0 Å². The van der Waals surface area contributed by atoms with E-state index in [4.69, 9.17) is 10.2 Å². The van der Waals surface area contributed by atoms with Gasteiger partial charge in [-0.05, 0) is 23.8 Å². The molecule has 5 heteroatoms. The zero-order chi connectivity index (χ0) is 13.8. The molecule has 0 fully saturated rings. The first-order chi connectivity index (χ1) is 9.04. The van der Waals surface area contributed by atoms with Gasteiger partial charge < -0.3 is 10.2 Å². The highest BCUT2D eigenvalue weighted by Gasteiger charge is 2.05. The van der Waals surface area contributed by atoms with Crippen LogP contribution in [-0.2, 0) is 0 Å². The summed E-state index contributed by atoms with van der Waals surface area (Å²) in [5.74, 6) is -0.636. The number of benzene rings is 1. The summed E-state index contributed by atoms with van der Waals surface area (Å²) in [5, 5.41) is 0. The molecule has 2 N–H and O–H groups in total. The lowest BCUT2D eigenvalue weighted by molar-refractivity contribution is 0.0971. The molecule has 1 heterocycles. The summed E-state index contributed by atoms with van der Waals surface area (Å²) in [6, 6.07) is 9.96. The van der Waals surface area contributed by atoms with Crippen LogP contribution in [0.15, 0.2) is 50.1 Å². The average molecular weight is 320 g/mol. The van der Waals surface area contributed by atoms with Crippen molar-refractivity contribution in [3.8, 4) is 0 Å². The highest BCUT2D eigenvalue weighted by atomic mass is 79.9. The molecule has 0 aliphatic heterocycles. The molecular formula is C14H10BrNO3. The number of carbonyl (C=O) groups is 1. The van der Waals surface area contributed by atoms with E-state index in [2.05, 4.69) is 15.9 Å². The molecule has 0 saturated heterocycles. The summed E-state index contributed by atoms with van der Waals surface area (Å²) in [6.07, 6.45) is 3.38. The molecule has 96 valence electrons. The summed E-state index contributed by atoms with van der Waals surface area (Å²) in [6.45, 7) is 0. The molecule has 1 aromatic heterocycles.